The van der Waals surface area contributed by atoms with Crippen molar-refractivity contribution in [3.8, 4) is 0 Å². The van der Waals surface area contributed by atoms with E-state index in [1.54, 1.807) is 0 Å². The molecule has 3 heteroatoms. The molecule has 0 unspecified atom stereocenters. The van der Waals surface area contributed by atoms with Crippen molar-refractivity contribution >= 4 is 11.9 Å². The maximum Gasteiger partial charge on any atom is 0.129 e. The van der Waals surface area contributed by atoms with E-state index in [0.29, 0.717) is 0 Å². The molecule has 14 heavy (non-hydrogen) atoms. The third kappa shape index (κ3) is 1.93. The van der Waals surface area contributed by atoms with E-state index < -0.39 is 0 Å². The van der Waals surface area contributed by atoms with Crippen molar-refractivity contribution < 1.29 is 0 Å². The highest BCUT2D eigenvalue weighted by atomic mass is 15.2. The van der Waals surface area contributed by atoms with Crippen molar-refractivity contribution in [2.24, 2.45) is 0 Å². The summed E-state index contributed by atoms with van der Waals surface area (Å²) in [5.74, 6) is 1.06. The second kappa shape index (κ2) is 4.24. The van der Waals surface area contributed by atoms with Gasteiger partial charge in [0.2, 0.25) is 0 Å². The fraction of sp³-hybridized carbons (Fsp3) is 0.364. The summed E-state index contributed by atoms with van der Waals surface area (Å²) in [6.07, 6.45) is 3.70. The smallest absolute Gasteiger partial charge is 0.129 e. The van der Waals surface area contributed by atoms with E-state index in [1.807, 2.05) is 18.3 Å². The first kappa shape index (κ1) is 9.21. The van der Waals surface area contributed by atoms with Crippen LogP contribution in [0.3, 0.4) is 0 Å². The summed E-state index contributed by atoms with van der Waals surface area (Å²) in [4.78, 5) is 6.66. The highest BCUT2D eigenvalue weighted by Crippen LogP contribution is 2.13. The Labute approximate surface area is 84.5 Å². The number of hydrogen-bond donors (Lipinski definition) is 1. The van der Waals surface area contributed by atoms with Crippen molar-refractivity contribution in [1.82, 2.24) is 10.3 Å². The van der Waals surface area contributed by atoms with Crippen LogP contribution in [-0.4, -0.2) is 31.2 Å². The average molecular weight is 189 g/mol. The Balaban J connectivity index is 2.17. The molecule has 0 aliphatic carbocycles. The fourth-order valence-electron chi connectivity index (χ4n) is 1.63. The second-order valence-electron chi connectivity index (χ2n) is 3.39. The van der Waals surface area contributed by atoms with Crippen LogP contribution in [0, 0.1) is 0 Å². The van der Waals surface area contributed by atoms with Crippen molar-refractivity contribution in [1.29, 1.82) is 0 Å². The van der Waals surface area contributed by atoms with Gasteiger partial charge in [-0.05, 0) is 17.7 Å². The lowest BCUT2D eigenvalue weighted by Gasteiger charge is -2.28. The van der Waals surface area contributed by atoms with Crippen molar-refractivity contribution in [2.75, 3.05) is 31.1 Å². The third-order valence-electron chi connectivity index (χ3n) is 2.45. The Hall–Kier alpha value is -1.35. The van der Waals surface area contributed by atoms with Gasteiger partial charge in [0.15, 0.2) is 0 Å². The van der Waals surface area contributed by atoms with Gasteiger partial charge in [-0.25, -0.2) is 4.98 Å². The first-order valence-electron chi connectivity index (χ1n) is 4.94. The lowest BCUT2D eigenvalue weighted by atomic mass is 10.2. The van der Waals surface area contributed by atoms with Crippen molar-refractivity contribution in [3.63, 3.8) is 0 Å². The molecule has 0 saturated carbocycles. The standard InChI is InChI=1S/C11H15N3/c1-2-10-3-4-13-11(9-10)14-7-5-12-6-8-14/h2-4,9,12H,1,5-8H2. The Kier molecular flexibility index (Phi) is 2.79. The first-order chi connectivity index (χ1) is 6.90. The number of nitrogens with one attached hydrogen (secondary N) is 1. The number of aromatic nitrogens is 1. The van der Waals surface area contributed by atoms with Crippen LogP contribution in [0.5, 0.6) is 0 Å². The van der Waals surface area contributed by atoms with Gasteiger partial charge >= 0.3 is 0 Å². The maximum atomic E-state index is 4.36. The fourth-order valence-corrected chi connectivity index (χ4v) is 1.63. The largest absolute Gasteiger partial charge is 0.354 e. The van der Waals surface area contributed by atoms with Crippen LogP contribution in [0.1, 0.15) is 5.56 Å². The Bertz CT molecular complexity index is 316. The van der Waals surface area contributed by atoms with Crippen molar-refractivity contribution in [3.05, 3.63) is 30.5 Å². The second-order valence-corrected chi connectivity index (χ2v) is 3.39. The minimum absolute atomic E-state index is 1.04. The Morgan fingerprint density at radius 2 is 2.21 bits per heavy atom. The van der Waals surface area contributed by atoms with E-state index in [4.69, 9.17) is 0 Å². The molecule has 2 rings (SSSR count). The molecular weight excluding hydrogens is 174 g/mol. The molecule has 0 spiro atoms. The van der Waals surface area contributed by atoms with Crippen LogP contribution >= 0.6 is 0 Å². The van der Waals surface area contributed by atoms with Crippen LogP contribution in [0.25, 0.3) is 6.08 Å². The molecule has 1 N–H and O–H groups in total. The number of pyridine rings is 1. The van der Waals surface area contributed by atoms with E-state index in [2.05, 4.69) is 27.8 Å². The quantitative estimate of drug-likeness (QED) is 0.756. The summed E-state index contributed by atoms with van der Waals surface area (Å²) >= 11 is 0. The van der Waals surface area contributed by atoms with Crippen LogP contribution in [0.15, 0.2) is 24.9 Å². The lowest BCUT2D eigenvalue weighted by Crippen LogP contribution is -2.43. The number of piperazine rings is 1. The molecule has 0 radical (unpaired) electrons. The van der Waals surface area contributed by atoms with Gasteiger partial charge in [-0.2, -0.15) is 0 Å². The van der Waals surface area contributed by atoms with Gasteiger partial charge < -0.3 is 10.2 Å². The SMILES string of the molecule is C=Cc1ccnc(N2CCNCC2)c1. The average Bonchev–Trinajstić information content (AvgIpc) is 2.30. The zero-order valence-corrected chi connectivity index (χ0v) is 8.24. The summed E-state index contributed by atoms with van der Waals surface area (Å²) in [6, 6.07) is 4.05. The molecule has 74 valence electrons. The molecule has 1 aromatic rings. The summed E-state index contributed by atoms with van der Waals surface area (Å²) in [5.41, 5.74) is 1.13. The van der Waals surface area contributed by atoms with Gasteiger partial charge in [0.05, 0.1) is 0 Å². The molecule has 0 amide bonds. The molecule has 3 nitrogen and oxygen atoms in total. The summed E-state index contributed by atoms with van der Waals surface area (Å²) in [7, 11) is 0. The highest BCUT2D eigenvalue weighted by Gasteiger charge is 2.10. The number of rotatable bonds is 2. The Morgan fingerprint density at radius 3 is 2.93 bits per heavy atom. The topological polar surface area (TPSA) is 28.2 Å². The van der Waals surface area contributed by atoms with E-state index in [1.165, 1.54) is 0 Å². The number of hydrogen-bond acceptors (Lipinski definition) is 3. The molecule has 0 bridgehead atoms. The normalized spacial score (nSPS) is 16.7. The van der Waals surface area contributed by atoms with Gasteiger partial charge in [-0.15, -0.1) is 0 Å². The van der Waals surface area contributed by atoms with Gasteiger partial charge in [0.25, 0.3) is 0 Å². The van der Waals surface area contributed by atoms with Crippen LogP contribution in [0.4, 0.5) is 5.82 Å². The highest BCUT2D eigenvalue weighted by molar-refractivity contribution is 5.53. The Morgan fingerprint density at radius 1 is 1.43 bits per heavy atom. The van der Waals surface area contributed by atoms with E-state index >= 15 is 0 Å². The monoisotopic (exact) mass is 189 g/mol. The summed E-state index contributed by atoms with van der Waals surface area (Å²) < 4.78 is 0. The van der Waals surface area contributed by atoms with Gasteiger partial charge in [0.1, 0.15) is 5.82 Å². The molecule has 0 aromatic carbocycles. The van der Waals surface area contributed by atoms with Gasteiger partial charge in [0, 0.05) is 32.4 Å². The molecule has 2 heterocycles. The molecule has 0 atom stereocenters. The van der Waals surface area contributed by atoms with Crippen LogP contribution in [-0.2, 0) is 0 Å². The number of nitrogens with zero attached hydrogens (tertiary/aromatic N) is 2. The predicted octanol–water partition coefficient (Wildman–Crippen LogP) is 1.13. The molecule has 1 fully saturated rings. The molecule has 1 saturated heterocycles. The first-order valence-corrected chi connectivity index (χ1v) is 4.94. The van der Waals surface area contributed by atoms with Crippen LogP contribution in [0.2, 0.25) is 0 Å². The van der Waals surface area contributed by atoms with Crippen LogP contribution < -0.4 is 10.2 Å². The minimum atomic E-state index is 1.04. The van der Waals surface area contributed by atoms with E-state index in [9.17, 15) is 0 Å². The molecule has 1 aromatic heterocycles. The predicted molar refractivity (Wildman–Crippen MR) is 59.4 cm³/mol. The maximum absolute atomic E-state index is 4.36. The lowest BCUT2D eigenvalue weighted by molar-refractivity contribution is 0.585. The zero-order chi connectivity index (χ0) is 9.80. The third-order valence-corrected chi connectivity index (χ3v) is 2.45. The molecule has 1 aliphatic heterocycles. The zero-order valence-electron chi connectivity index (χ0n) is 8.24. The number of anilines is 1. The van der Waals surface area contributed by atoms with Gasteiger partial charge in [-0.1, -0.05) is 12.7 Å². The van der Waals surface area contributed by atoms with Gasteiger partial charge in [-0.3, -0.25) is 0 Å². The summed E-state index contributed by atoms with van der Waals surface area (Å²) in [5, 5.41) is 3.32. The minimum Gasteiger partial charge on any atom is -0.354 e. The molecular formula is C11H15N3. The van der Waals surface area contributed by atoms with E-state index in [-0.39, 0.29) is 0 Å². The summed E-state index contributed by atoms with van der Waals surface area (Å²) in [6.45, 7) is 7.91. The van der Waals surface area contributed by atoms with Crippen molar-refractivity contribution in [2.45, 2.75) is 0 Å². The van der Waals surface area contributed by atoms with E-state index in [0.717, 1.165) is 37.6 Å². The molecule has 1 aliphatic rings.